The van der Waals surface area contributed by atoms with Crippen molar-refractivity contribution in [2.24, 2.45) is 0 Å². The number of hydrogen-bond acceptors (Lipinski definition) is 4. The third kappa shape index (κ3) is 4.52. The Balaban J connectivity index is 1.02. The Morgan fingerprint density at radius 2 is 1.11 bits per heavy atom. The van der Waals surface area contributed by atoms with Gasteiger partial charge in [-0.05, 0) is 79.9 Å². The van der Waals surface area contributed by atoms with Crippen LogP contribution in [0.5, 0.6) is 0 Å². The highest BCUT2D eigenvalue weighted by atomic mass is 32.1. The largest absolute Gasteiger partial charge is 0.452 e. The molecular weight excluding hydrogens is 665 g/mol. The van der Waals surface area contributed by atoms with Crippen molar-refractivity contribution >= 4 is 53.6 Å². The van der Waals surface area contributed by atoms with Crippen molar-refractivity contribution in [3.8, 4) is 55.8 Å². The van der Waals surface area contributed by atoms with Gasteiger partial charge in [0.2, 0.25) is 0 Å². The number of furan rings is 1. The molecule has 0 aliphatic heterocycles. The molecule has 0 N–H and O–H groups in total. The van der Waals surface area contributed by atoms with Crippen LogP contribution >= 0.6 is 11.3 Å². The van der Waals surface area contributed by atoms with Gasteiger partial charge in [-0.15, -0.1) is 11.3 Å². The van der Waals surface area contributed by atoms with Crippen LogP contribution in [0.15, 0.2) is 162 Å². The summed E-state index contributed by atoms with van der Waals surface area (Å²) >= 11 is 1.89. The molecule has 0 bridgehead atoms. The summed E-state index contributed by atoms with van der Waals surface area (Å²) in [6.45, 7) is 4.70. The van der Waals surface area contributed by atoms with Crippen LogP contribution in [0.2, 0.25) is 0 Å². The molecule has 0 radical (unpaired) electrons. The fourth-order valence-corrected chi connectivity index (χ4v) is 9.94. The van der Waals surface area contributed by atoms with Gasteiger partial charge in [-0.25, -0.2) is 9.97 Å². The summed E-state index contributed by atoms with van der Waals surface area (Å²) in [6, 6.07) is 54.8. The molecule has 1 aliphatic rings. The normalized spacial score (nSPS) is 13.2. The minimum Gasteiger partial charge on any atom is -0.452 e. The van der Waals surface area contributed by atoms with Crippen LogP contribution in [-0.2, 0) is 5.41 Å². The van der Waals surface area contributed by atoms with Gasteiger partial charge in [0, 0.05) is 36.5 Å². The second kappa shape index (κ2) is 11.3. The van der Waals surface area contributed by atoms with E-state index in [1.165, 1.54) is 59.1 Å². The minimum absolute atomic E-state index is 0.0447. The van der Waals surface area contributed by atoms with Crippen molar-refractivity contribution in [2.45, 2.75) is 19.3 Å². The molecule has 0 spiro atoms. The van der Waals surface area contributed by atoms with Gasteiger partial charge in [0.05, 0.1) is 0 Å². The van der Waals surface area contributed by atoms with Gasteiger partial charge in [-0.1, -0.05) is 141 Å². The third-order valence-electron chi connectivity index (χ3n) is 11.2. The molecule has 0 saturated carbocycles. The monoisotopic (exact) mass is 696 g/mol. The zero-order valence-corrected chi connectivity index (χ0v) is 30.0. The summed E-state index contributed by atoms with van der Waals surface area (Å²) in [5, 5.41) is 3.56. The Labute approximate surface area is 310 Å². The van der Waals surface area contributed by atoms with Gasteiger partial charge in [-0.2, -0.15) is 0 Å². The highest BCUT2D eigenvalue weighted by Crippen LogP contribution is 2.51. The SMILES string of the molecule is CC1(C)c2ccccc2-c2ccc(-c3cccc4c3sc3c(-c5cccc(-c6ncnc7c6oc6ccc(-c8ccccc8)cc67)c5)cccc34)cc21. The summed E-state index contributed by atoms with van der Waals surface area (Å²) in [7, 11) is 0. The number of thiophene rings is 1. The lowest BCUT2D eigenvalue weighted by molar-refractivity contribution is 0.660. The highest BCUT2D eigenvalue weighted by Gasteiger charge is 2.35. The van der Waals surface area contributed by atoms with Crippen molar-refractivity contribution in [2.75, 3.05) is 0 Å². The van der Waals surface area contributed by atoms with Gasteiger partial charge in [0.25, 0.3) is 0 Å². The van der Waals surface area contributed by atoms with E-state index in [4.69, 9.17) is 14.4 Å². The van der Waals surface area contributed by atoms with E-state index in [-0.39, 0.29) is 5.41 Å². The maximum Gasteiger partial charge on any atom is 0.180 e. The molecule has 0 amide bonds. The van der Waals surface area contributed by atoms with Crippen LogP contribution < -0.4 is 0 Å². The fraction of sp³-hybridized carbons (Fsp3) is 0.0612. The van der Waals surface area contributed by atoms with Crippen LogP contribution in [-0.4, -0.2) is 9.97 Å². The average molecular weight is 697 g/mol. The molecule has 1 aliphatic carbocycles. The van der Waals surface area contributed by atoms with Crippen molar-refractivity contribution in [1.29, 1.82) is 0 Å². The van der Waals surface area contributed by atoms with Crippen molar-refractivity contribution < 1.29 is 4.42 Å². The van der Waals surface area contributed by atoms with E-state index in [0.717, 1.165) is 44.4 Å². The van der Waals surface area contributed by atoms with Crippen molar-refractivity contribution in [3.63, 3.8) is 0 Å². The number of nitrogens with zero attached hydrogens (tertiary/aromatic N) is 2. The lowest BCUT2D eigenvalue weighted by atomic mass is 9.81. The van der Waals surface area contributed by atoms with E-state index in [0.29, 0.717) is 5.58 Å². The molecule has 250 valence electrons. The average Bonchev–Trinajstić information content (AvgIpc) is 3.86. The number of rotatable bonds is 4. The Bertz CT molecular complexity index is 3100. The third-order valence-corrected chi connectivity index (χ3v) is 12.5. The van der Waals surface area contributed by atoms with Crippen LogP contribution in [0.1, 0.15) is 25.0 Å². The quantitative estimate of drug-likeness (QED) is 0.184. The first-order valence-electron chi connectivity index (χ1n) is 18.1. The molecule has 10 aromatic rings. The van der Waals surface area contributed by atoms with E-state index in [1.54, 1.807) is 6.33 Å². The van der Waals surface area contributed by atoms with Gasteiger partial charge in [0.1, 0.15) is 23.1 Å². The summed E-state index contributed by atoms with van der Waals surface area (Å²) in [6.07, 6.45) is 1.65. The topological polar surface area (TPSA) is 38.9 Å². The second-order valence-corrected chi connectivity index (χ2v) is 15.6. The Kier molecular flexibility index (Phi) is 6.47. The molecule has 0 unspecified atom stereocenters. The maximum atomic E-state index is 6.48. The van der Waals surface area contributed by atoms with Crippen molar-refractivity contribution in [3.05, 3.63) is 169 Å². The molecule has 11 rings (SSSR count). The molecule has 7 aromatic carbocycles. The van der Waals surface area contributed by atoms with E-state index in [9.17, 15) is 0 Å². The molecular formula is C49H32N2OS. The van der Waals surface area contributed by atoms with Gasteiger partial charge in [-0.3, -0.25) is 0 Å². The number of fused-ring (bicyclic) bond motifs is 9. The molecule has 3 heterocycles. The molecule has 0 fully saturated rings. The molecule has 3 aromatic heterocycles. The molecule has 3 nitrogen and oxygen atoms in total. The number of aromatic nitrogens is 2. The molecule has 4 heteroatoms. The van der Waals surface area contributed by atoms with E-state index >= 15 is 0 Å². The van der Waals surface area contributed by atoms with E-state index in [1.807, 2.05) is 23.5 Å². The van der Waals surface area contributed by atoms with E-state index < -0.39 is 0 Å². The first-order chi connectivity index (χ1) is 26.0. The minimum atomic E-state index is -0.0447. The predicted octanol–water partition coefficient (Wildman–Crippen LogP) is 13.7. The summed E-state index contributed by atoms with van der Waals surface area (Å²) in [4.78, 5) is 9.48. The number of hydrogen-bond donors (Lipinski definition) is 0. The maximum absolute atomic E-state index is 6.48. The van der Waals surface area contributed by atoms with Crippen LogP contribution in [0, 0.1) is 0 Å². The Morgan fingerprint density at radius 1 is 0.472 bits per heavy atom. The van der Waals surface area contributed by atoms with Crippen molar-refractivity contribution in [1.82, 2.24) is 9.97 Å². The Hall–Kier alpha value is -6.36. The highest BCUT2D eigenvalue weighted by molar-refractivity contribution is 7.26. The molecule has 0 atom stereocenters. The Morgan fingerprint density at radius 3 is 1.92 bits per heavy atom. The standard InChI is InChI=1S/C49H32N2OS/c1-49(2)41-20-7-6-15-36(41)37-23-21-32(27-42(37)49)35-17-10-19-39-38-18-9-16-34(47(38)53-48(35)39)31-13-8-14-33(25-31)44-46-45(51-28-50-44)40-26-30(22-24-43(40)52-46)29-11-4-3-5-12-29/h3-28H,1-2H3. The van der Waals surface area contributed by atoms with Gasteiger partial charge >= 0.3 is 0 Å². The number of benzene rings is 7. The zero-order chi connectivity index (χ0) is 35.3. The lowest BCUT2D eigenvalue weighted by Gasteiger charge is -2.22. The van der Waals surface area contributed by atoms with E-state index in [2.05, 4.69) is 153 Å². The van der Waals surface area contributed by atoms with Crippen LogP contribution in [0.25, 0.3) is 98.0 Å². The summed E-state index contributed by atoms with van der Waals surface area (Å²) < 4.78 is 9.07. The first-order valence-corrected chi connectivity index (χ1v) is 18.9. The summed E-state index contributed by atoms with van der Waals surface area (Å²) in [5.74, 6) is 0. The lowest BCUT2D eigenvalue weighted by Crippen LogP contribution is -2.14. The van der Waals surface area contributed by atoms with Crippen LogP contribution in [0.3, 0.4) is 0 Å². The van der Waals surface area contributed by atoms with Gasteiger partial charge < -0.3 is 4.42 Å². The fourth-order valence-electron chi connectivity index (χ4n) is 8.57. The smallest absolute Gasteiger partial charge is 0.180 e. The molecule has 0 saturated heterocycles. The first kappa shape index (κ1) is 30.3. The molecule has 53 heavy (non-hydrogen) atoms. The van der Waals surface area contributed by atoms with Gasteiger partial charge in [0.15, 0.2) is 5.58 Å². The van der Waals surface area contributed by atoms with Crippen LogP contribution in [0.4, 0.5) is 0 Å². The zero-order valence-electron chi connectivity index (χ0n) is 29.2. The predicted molar refractivity (Wildman–Crippen MR) is 222 cm³/mol. The second-order valence-electron chi connectivity index (χ2n) is 14.6. The summed E-state index contributed by atoms with van der Waals surface area (Å²) in [5.41, 5.74) is 16.8.